The molecule has 0 amide bonds. The molecule has 0 atom stereocenters. The number of aromatic nitrogens is 5. The number of benzene rings is 8. The third-order valence-electron chi connectivity index (χ3n) is 11.3. The normalized spacial score (nSPS) is 11.8. The van der Waals surface area contributed by atoms with E-state index in [2.05, 4.69) is 161 Å². The molecule has 0 N–H and O–H groups in total. The summed E-state index contributed by atoms with van der Waals surface area (Å²) in [5.41, 5.74) is 9.96. The van der Waals surface area contributed by atoms with Crippen molar-refractivity contribution < 1.29 is 4.42 Å². The Morgan fingerprint density at radius 1 is 0.379 bits per heavy atom. The molecule has 6 nitrogen and oxygen atoms in total. The maximum absolute atomic E-state index is 6.25. The molecule has 4 heterocycles. The van der Waals surface area contributed by atoms with Crippen LogP contribution in [-0.2, 0) is 0 Å². The Hall–Kier alpha value is -7.96. The van der Waals surface area contributed by atoms with Crippen molar-refractivity contribution in [1.82, 2.24) is 24.5 Å². The second-order valence-electron chi connectivity index (χ2n) is 14.7. The molecule has 0 saturated carbocycles. The van der Waals surface area contributed by atoms with E-state index >= 15 is 0 Å². The molecule has 0 radical (unpaired) electrons. The number of rotatable bonds is 5. The first-order chi connectivity index (χ1) is 28.7. The standard InChI is InChI=1S/C52H31N5O/c1-2-8-32(9-3-1)35-14-15-37-29-38(17-16-36(37)28-35)51-54-50(55-52(56-51)39-20-24-42-44-31-53-27-26-47(44)58-48(42)30-39)34-18-22-40(23-19-34)57-45-13-7-6-12-43(45)49-41-11-5-4-10-33(41)21-25-46(49)57/h1-31H. The van der Waals surface area contributed by atoms with Gasteiger partial charge in [0.25, 0.3) is 0 Å². The zero-order valence-electron chi connectivity index (χ0n) is 31.0. The first-order valence-electron chi connectivity index (χ1n) is 19.4. The molecular formula is C52H31N5O. The lowest BCUT2D eigenvalue weighted by Crippen LogP contribution is -2.00. The van der Waals surface area contributed by atoms with Gasteiger partial charge in [0.05, 0.1) is 11.0 Å². The third kappa shape index (κ3) is 5.20. The van der Waals surface area contributed by atoms with Gasteiger partial charge in [-0.3, -0.25) is 4.98 Å². The molecule has 4 aromatic heterocycles. The Morgan fingerprint density at radius 2 is 1.02 bits per heavy atom. The topological polar surface area (TPSA) is 69.6 Å². The van der Waals surface area contributed by atoms with Gasteiger partial charge in [-0.2, -0.15) is 0 Å². The summed E-state index contributed by atoms with van der Waals surface area (Å²) in [5, 5.41) is 9.21. The van der Waals surface area contributed by atoms with Gasteiger partial charge in [0, 0.05) is 56.3 Å². The Bertz CT molecular complexity index is 3570. The lowest BCUT2D eigenvalue weighted by atomic mass is 10.00. The molecule has 0 unspecified atom stereocenters. The van der Waals surface area contributed by atoms with Gasteiger partial charge >= 0.3 is 0 Å². The largest absolute Gasteiger partial charge is 0.456 e. The zero-order chi connectivity index (χ0) is 38.2. The summed E-state index contributed by atoms with van der Waals surface area (Å²) >= 11 is 0. The van der Waals surface area contributed by atoms with E-state index in [1.165, 1.54) is 38.2 Å². The lowest BCUT2D eigenvalue weighted by Gasteiger charge is -2.11. The number of furan rings is 1. The number of nitrogens with zero attached hydrogens (tertiary/aromatic N) is 5. The van der Waals surface area contributed by atoms with Crippen LogP contribution in [0.25, 0.3) is 116 Å². The van der Waals surface area contributed by atoms with E-state index in [1.807, 2.05) is 30.5 Å². The van der Waals surface area contributed by atoms with Crippen LogP contribution in [0.2, 0.25) is 0 Å². The fourth-order valence-corrected chi connectivity index (χ4v) is 8.50. The highest BCUT2D eigenvalue weighted by molar-refractivity contribution is 6.21. The van der Waals surface area contributed by atoms with Crippen molar-refractivity contribution in [2.45, 2.75) is 0 Å². The highest BCUT2D eigenvalue weighted by atomic mass is 16.3. The first-order valence-corrected chi connectivity index (χ1v) is 19.4. The van der Waals surface area contributed by atoms with E-state index in [9.17, 15) is 0 Å². The molecule has 0 aliphatic heterocycles. The minimum atomic E-state index is 0.568. The molecule has 8 aromatic carbocycles. The van der Waals surface area contributed by atoms with Crippen molar-refractivity contribution in [3.8, 4) is 51.0 Å². The maximum atomic E-state index is 6.25. The van der Waals surface area contributed by atoms with Crippen LogP contribution in [0, 0.1) is 0 Å². The molecule has 0 bridgehead atoms. The van der Waals surface area contributed by atoms with Crippen molar-refractivity contribution in [2.75, 3.05) is 0 Å². The van der Waals surface area contributed by atoms with Gasteiger partial charge < -0.3 is 8.98 Å². The van der Waals surface area contributed by atoms with Crippen LogP contribution in [0.4, 0.5) is 0 Å². The number of hydrogen-bond acceptors (Lipinski definition) is 5. The van der Waals surface area contributed by atoms with E-state index in [0.717, 1.165) is 60.6 Å². The van der Waals surface area contributed by atoms with Crippen LogP contribution in [0.15, 0.2) is 193 Å². The summed E-state index contributed by atoms with van der Waals surface area (Å²) < 4.78 is 8.60. The predicted molar refractivity (Wildman–Crippen MR) is 236 cm³/mol. The Balaban J connectivity index is 0.997. The summed E-state index contributed by atoms with van der Waals surface area (Å²) in [7, 11) is 0. The number of pyridine rings is 1. The van der Waals surface area contributed by atoms with E-state index in [-0.39, 0.29) is 0 Å². The van der Waals surface area contributed by atoms with Crippen molar-refractivity contribution in [3.05, 3.63) is 188 Å². The first kappa shape index (κ1) is 32.3. The molecule has 0 spiro atoms. The molecule has 6 heteroatoms. The Kier molecular flexibility index (Phi) is 7.13. The zero-order valence-corrected chi connectivity index (χ0v) is 31.0. The molecule has 0 saturated heterocycles. The molecule has 0 aliphatic carbocycles. The van der Waals surface area contributed by atoms with Crippen molar-refractivity contribution in [3.63, 3.8) is 0 Å². The predicted octanol–water partition coefficient (Wildman–Crippen LogP) is 13.2. The maximum Gasteiger partial charge on any atom is 0.164 e. The molecule has 12 rings (SSSR count). The quantitative estimate of drug-likeness (QED) is 0.176. The number of para-hydroxylation sites is 1. The molecule has 58 heavy (non-hydrogen) atoms. The SMILES string of the molecule is c1ccc(-c2ccc3cc(-c4nc(-c5ccc(-n6c7ccccc7c7c8ccccc8ccc76)cc5)nc(-c5ccc6c(c5)oc5ccncc56)n4)ccc3c2)cc1. The molecule has 12 aromatic rings. The molecule has 0 fully saturated rings. The van der Waals surface area contributed by atoms with Crippen LogP contribution in [0.3, 0.4) is 0 Å². The monoisotopic (exact) mass is 741 g/mol. The molecule has 0 aliphatic rings. The Morgan fingerprint density at radius 3 is 1.84 bits per heavy atom. The number of fused-ring (bicyclic) bond motifs is 9. The Labute approximate surface area is 332 Å². The van der Waals surface area contributed by atoms with Crippen molar-refractivity contribution in [1.29, 1.82) is 0 Å². The fourth-order valence-electron chi connectivity index (χ4n) is 8.50. The fraction of sp³-hybridized carbons (Fsp3) is 0. The summed E-state index contributed by atoms with van der Waals surface area (Å²) in [6.07, 6.45) is 3.59. The second kappa shape index (κ2) is 12.8. The molecular weight excluding hydrogens is 711 g/mol. The van der Waals surface area contributed by atoms with Gasteiger partial charge in [0.2, 0.25) is 0 Å². The average molecular weight is 742 g/mol. The average Bonchev–Trinajstić information content (AvgIpc) is 3.84. The van der Waals surface area contributed by atoms with Gasteiger partial charge in [-0.05, 0) is 99.4 Å². The lowest BCUT2D eigenvalue weighted by molar-refractivity contribution is 0.668. The second-order valence-corrected chi connectivity index (χ2v) is 14.7. The highest BCUT2D eigenvalue weighted by Crippen LogP contribution is 2.38. The van der Waals surface area contributed by atoms with Crippen LogP contribution in [0.1, 0.15) is 0 Å². The number of hydrogen-bond donors (Lipinski definition) is 0. The minimum Gasteiger partial charge on any atom is -0.456 e. The van der Waals surface area contributed by atoms with E-state index in [1.54, 1.807) is 6.20 Å². The van der Waals surface area contributed by atoms with Gasteiger partial charge in [-0.15, -0.1) is 0 Å². The summed E-state index contributed by atoms with van der Waals surface area (Å²) in [4.78, 5) is 19.7. The van der Waals surface area contributed by atoms with Crippen LogP contribution in [0.5, 0.6) is 0 Å². The summed E-state index contributed by atoms with van der Waals surface area (Å²) in [6.45, 7) is 0. The van der Waals surface area contributed by atoms with Crippen LogP contribution < -0.4 is 0 Å². The van der Waals surface area contributed by atoms with Crippen molar-refractivity contribution >= 4 is 65.3 Å². The van der Waals surface area contributed by atoms with Crippen LogP contribution >= 0.6 is 0 Å². The van der Waals surface area contributed by atoms with E-state index < -0.39 is 0 Å². The third-order valence-corrected chi connectivity index (χ3v) is 11.3. The summed E-state index contributed by atoms with van der Waals surface area (Å²) in [6, 6.07) is 61.7. The highest BCUT2D eigenvalue weighted by Gasteiger charge is 2.18. The van der Waals surface area contributed by atoms with Gasteiger partial charge in [0.15, 0.2) is 17.5 Å². The van der Waals surface area contributed by atoms with Crippen LogP contribution in [-0.4, -0.2) is 24.5 Å². The summed E-state index contributed by atoms with van der Waals surface area (Å²) in [5.74, 6) is 1.76. The molecule has 270 valence electrons. The smallest absolute Gasteiger partial charge is 0.164 e. The van der Waals surface area contributed by atoms with Gasteiger partial charge in [-0.25, -0.2) is 15.0 Å². The minimum absolute atomic E-state index is 0.568. The van der Waals surface area contributed by atoms with E-state index in [4.69, 9.17) is 19.4 Å². The van der Waals surface area contributed by atoms with E-state index in [0.29, 0.717) is 17.5 Å². The van der Waals surface area contributed by atoms with Gasteiger partial charge in [0.1, 0.15) is 11.2 Å². The van der Waals surface area contributed by atoms with Crippen molar-refractivity contribution in [2.24, 2.45) is 0 Å². The van der Waals surface area contributed by atoms with Gasteiger partial charge in [-0.1, -0.05) is 109 Å².